The highest BCUT2D eigenvalue weighted by Gasteiger charge is 2.43. The second-order valence-electron chi connectivity index (χ2n) is 5.41. The average Bonchev–Trinajstić information content (AvgIpc) is 2.90. The van der Waals surface area contributed by atoms with Crippen molar-refractivity contribution < 1.29 is 42.6 Å². The van der Waals surface area contributed by atoms with E-state index in [4.69, 9.17) is 10.2 Å². The third-order valence-corrected chi connectivity index (χ3v) is 4.51. The van der Waals surface area contributed by atoms with E-state index in [0.29, 0.717) is 9.80 Å². The molecule has 2 rings (SSSR count). The zero-order chi connectivity index (χ0) is 20.4. The molecule has 16 heteroatoms. The summed E-state index contributed by atoms with van der Waals surface area (Å²) >= 11 is 0. The minimum Gasteiger partial charge on any atom is -0.465 e. The van der Waals surface area contributed by atoms with Gasteiger partial charge in [-0.3, -0.25) is 9.69 Å². The Morgan fingerprint density at radius 2 is 1.67 bits per heavy atom. The molecule has 0 aromatic carbocycles. The van der Waals surface area contributed by atoms with Gasteiger partial charge in [0.25, 0.3) is 5.91 Å². The van der Waals surface area contributed by atoms with E-state index in [0.717, 1.165) is 4.90 Å². The molecule has 0 aliphatic carbocycles. The number of β-amino-alcohol motifs (C(OH)–C–C–N with tert-alkyl or cyclic N) is 1. The third kappa shape index (κ3) is 4.53. The molecule has 1 atom stereocenters. The van der Waals surface area contributed by atoms with Crippen LogP contribution in [0.5, 0.6) is 0 Å². The van der Waals surface area contributed by atoms with Crippen LogP contribution in [0.4, 0.5) is 19.2 Å². The van der Waals surface area contributed by atoms with Crippen LogP contribution >= 0.6 is 0 Å². The number of β-lactam (4-membered cyclic amide) rings is 1. The maximum Gasteiger partial charge on any atom is 0.405 e. The highest BCUT2D eigenvalue weighted by atomic mass is 32.2. The number of imide groups is 2. The number of nitrogens with one attached hydrogen (secondary N) is 3. The minimum atomic E-state index is -4.75. The van der Waals surface area contributed by atoms with Gasteiger partial charge >= 0.3 is 34.4 Å². The number of likely N-dealkylation sites (tertiary alicyclic amines) is 1. The molecular weight excluding hydrogens is 392 g/mol. The van der Waals surface area contributed by atoms with Crippen LogP contribution in [0.25, 0.3) is 0 Å². The van der Waals surface area contributed by atoms with Crippen molar-refractivity contribution in [3.8, 4) is 0 Å². The summed E-state index contributed by atoms with van der Waals surface area (Å²) in [5.41, 5.74) is 0. The first-order chi connectivity index (χ1) is 12.6. The van der Waals surface area contributed by atoms with Gasteiger partial charge in [-0.15, -0.1) is 0 Å². The number of hydrogen-bond acceptors (Lipinski definition) is 8. The summed E-state index contributed by atoms with van der Waals surface area (Å²) < 4.78 is 26.5. The van der Waals surface area contributed by atoms with E-state index >= 15 is 0 Å². The molecule has 2 aliphatic heterocycles. The van der Waals surface area contributed by atoms with Crippen LogP contribution in [-0.4, -0.2) is 102 Å². The highest BCUT2D eigenvalue weighted by Crippen LogP contribution is 2.11. The zero-order valence-corrected chi connectivity index (χ0v) is 14.4. The van der Waals surface area contributed by atoms with Gasteiger partial charge in [-0.2, -0.15) is 8.42 Å². The lowest BCUT2D eigenvalue weighted by atomic mass is 10.1. The first-order valence-corrected chi connectivity index (χ1v) is 8.90. The maximum atomic E-state index is 11.9. The fourth-order valence-electron chi connectivity index (χ4n) is 2.33. The Hall–Kier alpha value is -3.14. The summed E-state index contributed by atoms with van der Waals surface area (Å²) in [6, 6.07) is -4.70. The molecule has 0 aromatic heterocycles. The van der Waals surface area contributed by atoms with Gasteiger partial charge in [0.15, 0.2) is 0 Å². The van der Waals surface area contributed by atoms with Crippen molar-refractivity contribution in [3.63, 3.8) is 0 Å². The van der Waals surface area contributed by atoms with Crippen LogP contribution in [0.2, 0.25) is 0 Å². The Kier molecular flexibility index (Phi) is 5.69. The summed E-state index contributed by atoms with van der Waals surface area (Å²) in [6.45, 7) is -0.784. The zero-order valence-electron chi connectivity index (χ0n) is 13.6. The number of aliphatic hydroxyl groups is 1. The van der Waals surface area contributed by atoms with Crippen LogP contribution in [0.3, 0.4) is 0 Å². The van der Waals surface area contributed by atoms with Crippen LogP contribution < -0.4 is 14.8 Å². The highest BCUT2D eigenvalue weighted by molar-refractivity contribution is 7.88. The number of rotatable bonds is 5. The van der Waals surface area contributed by atoms with Gasteiger partial charge in [0.2, 0.25) is 0 Å². The Labute approximate surface area is 152 Å². The lowest BCUT2D eigenvalue weighted by molar-refractivity contribution is -0.138. The van der Waals surface area contributed by atoms with Gasteiger partial charge in [-0.1, -0.05) is 0 Å². The van der Waals surface area contributed by atoms with Gasteiger partial charge in [0, 0.05) is 19.6 Å². The first kappa shape index (κ1) is 20.2. The normalized spacial score (nSPS) is 19.6. The molecule has 2 fully saturated rings. The van der Waals surface area contributed by atoms with Crippen molar-refractivity contribution in [1.82, 2.24) is 29.5 Å². The summed E-state index contributed by atoms with van der Waals surface area (Å²) in [7, 11) is -4.75. The number of aliphatic hydroxyl groups excluding tert-OH is 1. The standard InChI is InChI=1S/C11H16N6O9S/c18-4-3-15-1-2-16(11(15)24)8(20)13-27(25,26)14-9(21)17-5-6(7(17)19)12-10(22)23/h6,12,18H,1-5H2,(H,13,20)(H,14,21)(H,22,23)/t6-/m0/s1. The molecule has 27 heavy (non-hydrogen) atoms. The average molecular weight is 408 g/mol. The van der Waals surface area contributed by atoms with Crippen LogP contribution in [0, 0.1) is 0 Å². The number of carbonyl (C=O) groups excluding carboxylic acids is 4. The Morgan fingerprint density at radius 3 is 2.19 bits per heavy atom. The van der Waals surface area contributed by atoms with Crippen molar-refractivity contribution in [2.75, 3.05) is 32.8 Å². The molecule has 0 bridgehead atoms. The quantitative estimate of drug-likeness (QED) is 0.291. The summed E-state index contributed by atoms with van der Waals surface area (Å²) in [6.07, 6.45) is -1.49. The molecule has 0 radical (unpaired) electrons. The summed E-state index contributed by atoms with van der Waals surface area (Å²) in [5, 5.41) is 19.1. The number of amides is 8. The van der Waals surface area contributed by atoms with Gasteiger partial charge < -0.3 is 20.4 Å². The van der Waals surface area contributed by atoms with E-state index in [9.17, 15) is 32.4 Å². The Balaban J connectivity index is 1.89. The van der Waals surface area contributed by atoms with Crippen molar-refractivity contribution in [3.05, 3.63) is 0 Å². The molecule has 2 heterocycles. The molecule has 2 aliphatic rings. The lowest BCUT2D eigenvalue weighted by Crippen LogP contribution is -2.67. The molecule has 0 saturated carbocycles. The fraction of sp³-hybridized carbons (Fsp3) is 0.545. The van der Waals surface area contributed by atoms with E-state index in [2.05, 4.69) is 0 Å². The molecule has 0 unspecified atom stereocenters. The number of nitrogens with zero attached hydrogens (tertiary/aromatic N) is 3. The van der Waals surface area contributed by atoms with Crippen molar-refractivity contribution in [1.29, 1.82) is 0 Å². The molecule has 15 nitrogen and oxygen atoms in total. The molecule has 0 aromatic rings. The van der Waals surface area contributed by atoms with Crippen LogP contribution in [0.15, 0.2) is 0 Å². The smallest absolute Gasteiger partial charge is 0.405 e. The third-order valence-electron chi connectivity index (χ3n) is 3.63. The second kappa shape index (κ2) is 7.62. The van der Waals surface area contributed by atoms with Gasteiger partial charge in [0.05, 0.1) is 13.2 Å². The van der Waals surface area contributed by atoms with Crippen LogP contribution in [-0.2, 0) is 15.0 Å². The fourth-order valence-corrected chi connectivity index (χ4v) is 3.06. The molecule has 2 saturated heterocycles. The van der Waals surface area contributed by atoms with E-state index < -0.39 is 46.3 Å². The predicted molar refractivity (Wildman–Crippen MR) is 83.4 cm³/mol. The lowest BCUT2D eigenvalue weighted by Gasteiger charge is -2.35. The Morgan fingerprint density at radius 1 is 1.07 bits per heavy atom. The van der Waals surface area contributed by atoms with E-state index in [1.54, 1.807) is 0 Å². The summed E-state index contributed by atoms with van der Waals surface area (Å²) in [4.78, 5) is 59.6. The molecule has 8 amide bonds. The SMILES string of the molecule is O=C(O)N[C@H]1CN(C(=O)NS(=O)(=O)NC(=O)N2CCN(CCO)C2=O)C1=O. The predicted octanol–water partition coefficient (Wildman–Crippen LogP) is -3.14. The first-order valence-electron chi connectivity index (χ1n) is 7.42. The number of urea groups is 3. The molecule has 150 valence electrons. The van der Waals surface area contributed by atoms with E-state index in [-0.39, 0.29) is 32.8 Å². The molecule has 0 spiro atoms. The molecule has 5 N–H and O–H groups in total. The minimum absolute atomic E-state index is 0.0330. The Bertz CT molecular complexity index is 783. The van der Waals surface area contributed by atoms with Gasteiger partial charge in [-0.05, 0) is 0 Å². The monoisotopic (exact) mass is 408 g/mol. The topological polar surface area (TPSA) is 206 Å². The molecular formula is C11H16N6O9S. The van der Waals surface area contributed by atoms with E-state index in [1.165, 1.54) is 9.44 Å². The van der Waals surface area contributed by atoms with E-state index in [1.807, 2.05) is 5.32 Å². The van der Waals surface area contributed by atoms with Crippen molar-refractivity contribution in [2.24, 2.45) is 0 Å². The summed E-state index contributed by atoms with van der Waals surface area (Å²) in [5.74, 6) is -0.967. The number of hydrogen-bond donors (Lipinski definition) is 5. The second-order valence-corrected chi connectivity index (χ2v) is 6.83. The number of carbonyl (C=O) groups is 5. The number of carboxylic acid groups (broad SMARTS) is 1. The largest absolute Gasteiger partial charge is 0.465 e. The maximum absolute atomic E-state index is 11.9. The van der Waals surface area contributed by atoms with Crippen LogP contribution in [0.1, 0.15) is 0 Å². The van der Waals surface area contributed by atoms with Crippen molar-refractivity contribution >= 4 is 40.3 Å². The van der Waals surface area contributed by atoms with Crippen molar-refractivity contribution in [2.45, 2.75) is 6.04 Å². The van der Waals surface area contributed by atoms with Gasteiger partial charge in [-0.25, -0.2) is 33.5 Å². The van der Waals surface area contributed by atoms with Gasteiger partial charge in [0.1, 0.15) is 6.04 Å².